The van der Waals surface area contributed by atoms with Crippen LogP contribution in [0.5, 0.6) is 23.0 Å². The van der Waals surface area contributed by atoms with Crippen molar-refractivity contribution < 1.29 is 28.5 Å². The van der Waals surface area contributed by atoms with Gasteiger partial charge in [-0.25, -0.2) is 0 Å². The fourth-order valence-corrected chi connectivity index (χ4v) is 4.44. The molecule has 3 rings (SSSR count). The standard InChI is InChI=1S/C27H36N2O6/c1-17(2)10-11-28-26(30)22-16-29(27(31)18-8-7-9-20(12-18)32-3)15-21(22)19-13-23(33-4)25(35-6)24(14-19)34-5/h7-9,12-14,17,21-22H,10-11,15-16H2,1-6H3,(H,28,30). The van der Waals surface area contributed by atoms with Gasteiger partial charge in [-0.3, -0.25) is 9.59 Å². The Morgan fingerprint density at radius 1 is 0.971 bits per heavy atom. The quantitative estimate of drug-likeness (QED) is 0.553. The molecule has 35 heavy (non-hydrogen) atoms. The number of rotatable bonds is 10. The van der Waals surface area contributed by atoms with E-state index in [1.807, 2.05) is 12.1 Å². The van der Waals surface area contributed by atoms with E-state index in [0.717, 1.165) is 12.0 Å². The number of nitrogens with zero attached hydrogens (tertiary/aromatic N) is 1. The van der Waals surface area contributed by atoms with E-state index in [2.05, 4.69) is 19.2 Å². The van der Waals surface area contributed by atoms with Gasteiger partial charge in [0.15, 0.2) is 11.5 Å². The Morgan fingerprint density at radius 2 is 1.66 bits per heavy atom. The highest BCUT2D eigenvalue weighted by atomic mass is 16.5. The Hall–Kier alpha value is -3.42. The highest BCUT2D eigenvalue weighted by Gasteiger charge is 2.41. The molecule has 1 saturated heterocycles. The zero-order chi connectivity index (χ0) is 25.5. The zero-order valence-electron chi connectivity index (χ0n) is 21.4. The maximum absolute atomic E-state index is 13.4. The Morgan fingerprint density at radius 3 is 2.23 bits per heavy atom. The van der Waals surface area contributed by atoms with Gasteiger partial charge in [0.25, 0.3) is 5.91 Å². The number of carbonyl (C=O) groups is 2. The van der Waals surface area contributed by atoms with Crippen LogP contribution in [0.15, 0.2) is 36.4 Å². The van der Waals surface area contributed by atoms with Gasteiger partial charge in [-0.2, -0.15) is 0 Å². The highest BCUT2D eigenvalue weighted by Crippen LogP contribution is 2.43. The van der Waals surface area contributed by atoms with E-state index in [0.29, 0.717) is 54.1 Å². The molecule has 0 saturated carbocycles. The number of carbonyl (C=O) groups excluding carboxylic acids is 2. The van der Waals surface area contributed by atoms with E-state index in [9.17, 15) is 9.59 Å². The number of benzene rings is 2. The van der Waals surface area contributed by atoms with Crippen LogP contribution in [-0.2, 0) is 4.79 Å². The Balaban J connectivity index is 1.94. The third-order valence-corrected chi connectivity index (χ3v) is 6.40. The van der Waals surface area contributed by atoms with Crippen LogP contribution in [0.3, 0.4) is 0 Å². The highest BCUT2D eigenvalue weighted by molar-refractivity contribution is 5.95. The summed E-state index contributed by atoms with van der Waals surface area (Å²) < 4.78 is 21.8. The minimum Gasteiger partial charge on any atom is -0.497 e. The molecule has 0 aromatic heterocycles. The van der Waals surface area contributed by atoms with E-state index >= 15 is 0 Å². The van der Waals surface area contributed by atoms with Crippen molar-refractivity contribution in [2.24, 2.45) is 11.8 Å². The second kappa shape index (κ2) is 11.8. The number of nitrogens with one attached hydrogen (secondary N) is 1. The first-order valence-electron chi connectivity index (χ1n) is 11.8. The Kier molecular flexibility index (Phi) is 8.84. The first-order chi connectivity index (χ1) is 16.8. The molecule has 1 aliphatic heterocycles. The van der Waals surface area contributed by atoms with Gasteiger partial charge >= 0.3 is 0 Å². The number of hydrogen-bond acceptors (Lipinski definition) is 6. The third kappa shape index (κ3) is 5.99. The van der Waals surface area contributed by atoms with Crippen molar-refractivity contribution >= 4 is 11.8 Å². The number of methoxy groups -OCH3 is 4. The van der Waals surface area contributed by atoms with Gasteiger partial charge in [0, 0.05) is 31.1 Å². The fraction of sp³-hybridized carbons (Fsp3) is 0.481. The van der Waals surface area contributed by atoms with Gasteiger partial charge < -0.3 is 29.2 Å². The van der Waals surface area contributed by atoms with Crippen LogP contribution in [0.25, 0.3) is 0 Å². The molecule has 2 amide bonds. The number of amides is 2. The molecule has 2 unspecified atom stereocenters. The second-order valence-corrected chi connectivity index (χ2v) is 9.09. The van der Waals surface area contributed by atoms with Gasteiger partial charge in [0.05, 0.1) is 34.4 Å². The summed E-state index contributed by atoms with van der Waals surface area (Å²) in [4.78, 5) is 28.4. The summed E-state index contributed by atoms with van der Waals surface area (Å²) >= 11 is 0. The predicted molar refractivity (Wildman–Crippen MR) is 134 cm³/mol. The smallest absolute Gasteiger partial charge is 0.254 e. The van der Waals surface area contributed by atoms with Crippen LogP contribution < -0.4 is 24.3 Å². The summed E-state index contributed by atoms with van der Waals surface area (Å²) in [6.07, 6.45) is 0.889. The van der Waals surface area contributed by atoms with Crippen LogP contribution in [0.1, 0.15) is 42.1 Å². The predicted octanol–water partition coefficient (Wildman–Crippen LogP) is 3.74. The minimum atomic E-state index is -0.417. The van der Waals surface area contributed by atoms with Crippen LogP contribution in [0, 0.1) is 11.8 Å². The molecule has 2 aromatic rings. The monoisotopic (exact) mass is 484 g/mol. The summed E-state index contributed by atoms with van der Waals surface area (Å²) in [6.45, 7) is 5.53. The SMILES string of the molecule is COc1cccc(C(=O)N2CC(C(=O)NCCC(C)C)C(c3cc(OC)c(OC)c(OC)c3)C2)c1. The van der Waals surface area contributed by atoms with E-state index in [1.165, 1.54) is 0 Å². The lowest BCUT2D eigenvalue weighted by molar-refractivity contribution is -0.124. The number of likely N-dealkylation sites (tertiary alicyclic amines) is 1. The Labute approximate surface area is 207 Å². The second-order valence-electron chi connectivity index (χ2n) is 9.09. The van der Waals surface area contributed by atoms with Crippen molar-refractivity contribution in [1.29, 1.82) is 0 Å². The average molecular weight is 485 g/mol. The van der Waals surface area contributed by atoms with Crippen LogP contribution in [0.2, 0.25) is 0 Å². The van der Waals surface area contributed by atoms with Crippen molar-refractivity contribution in [2.75, 3.05) is 48.1 Å². The van der Waals surface area contributed by atoms with Gasteiger partial charge in [0.1, 0.15) is 5.75 Å². The molecular weight excluding hydrogens is 448 g/mol. The van der Waals surface area contributed by atoms with Crippen molar-refractivity contribution in [3.05, 3.63) is 47.5 Å². The molecule has 1 heterocycles. The van der Waals surface area contributed by atoms with Gasteiger partial charge in [-0.1, -0.05) is 19.9 Å². The molecule has 0 aliphatic carbocycles. The average Bonchev–Trinajstić information content (AvgIpc) is 3.32. The van der Waals surface area contributed by atoms with Crippen molar-refractivity contribution in [1.82, 2.24) is 10.2 Å². The molecule has 0 bridgehead atoms. The maximum atomic E-state index is 13.4. The van der Waals surface area contributed by atoms with Crippen LogP contribution in [-0.4, -0.2) is 64.8 Å². The molecule has 8 nitrogen and oxygen atoms in total. The van der Waals surface area contributed by atoms with Gasteiger partial charge in [-0.05, 0) is 48.2 Å². The molecule has 2 aromatic carbocycles. The van der Waals surface area contributed by atoms with Gasteiger partial charge in [0.2, 0.25) is 11.7 Å². The topological polar surface area (TPSA) is 86.3 Å². The van der Waals surface area contributed by atoms with Crippen molar-refractivity contribution in [2.45, 2.75) is 26.2 Å². The first-order valence-corrected chi connectivity index (χ1v) is 11.8. The lowest BCUT2D eigenvalue weighted by Gasteiger charge is -2.21. The molecule has 190 valence electrons. The van der Waals surface area contributed by atoms with Gasteiger partial charge in [-0.15, -0.1) is 0 Å². The zero-order valence-corrected chi connectivity index (χ0v) is 21.4. The largest absolute Gasteiger partial charge is 0.497 e. The molecule has 0 radical (unpaired) electrons. The lowest BCUT2D eigenvalue weighted by atomic mass is 9.87. The summed E-state index contributed by atoms with van der Waals surface area (Å²) in [6, 6.07) is 10.8. The number of hydrogen-bond donors (Lipinski definition) is 1. The summed E-state index contributed by atoms with van der Waals surface area (Å²) in [7, 11) is 6.24. The van der Waals surface area contributed by atoms with E-state index < -0.39 is 5.92 Å². The third-order valence-electron chi connectivity index (χ3n) is 6.40. The van der Waals surface area contributed by atoms with Crippen molar-refractivity contribution in [3.8, 4) is 23.0 Å². The summed E-state index contributed by atoms with van der Waals surface area (Å²) in [5.74, 6) is 1.74. The summed E-state index contributed by atoms with van der Waals surface area (Å²) in [5.41, 5.74) is 1.37. The van der Waals surface area contributed by atoms with Crippen molar-refractivity contribution in [3.63, 3.8) is 0 Å². The molecule has 2 atom stereocenters. The first kappa shape index (κ1) is 26.2. The molecular formula is C27H36N2O6. The Bertz CT molecular complexity index is 1010. The van der Waals surface area contributed by atoms with E-state index in [1.54, 1.807) is 57.6 Å². The summed E-state index contributed by atoms with van der Waals surface area (Å²) in [5, 5.41) is 3.07. The minimum absolute atomic E-state index is 0.0645. The van der Waals surface area contributed by atoms with E-state index in [-0.39, 0.29) is 17.7 Å². The van der Waals surface area contributed by atoms with Crippen LogP contribution in [0.4, 0.5) is 0 Å². The molecule has 1 N–H and O–H groups in total. The normalized spacial score (nSPS) is 17.3. The maximum Gasteiger partial charge on any atom is 0.254 e. The lowest BCUT2D eigenvalue weighted by Crippen LogP contribution is -2.36. The fourth-order valence-electron chi connectivity index (χ4n) is 4.44. The number of ether oxygens (including phenoxy) is 4. The van der Waals surface area contributed by atoms with E-state index in [4.69, 9.17) is 18.9 Å². The molecule has 1 aliphatic rings. The molecule has 0 spiro atoms. The molecule has 8 heteroatoms. The van der Waals surface area contributed by atoms with Crippen LogP contribution >= 0.6 is 0 Å². The molecule has 1 fully saturated rings.